The Morgan fingerprint density at radius 3 is 2.54 bits per heavy atom. The molecule has 3 aliphatic rings. The molecule has 0 aliphatic carbocycles. The minimum atomic E-state index is -3.52. The Balaban J connectivity index is 1.18. The van der Waals surface area contributed by atoms with Gasteiger partial charge in [0.1, 0.15) is 12.4 Å². The molecule has 13 heteroatoms. The minimum absolute atomic E-state index is 0.156. The van der Waals surface area contributed by atoms with Crippen molar-refractivity contribution in [1.29, 1.82) is 0 Å². The van der Waals surface area contributed by atoms with Crippen LogP contribution in [0.1, 0.15) is 11.5 Å². The SMILES string of the molecule is O=C1NC(=O)/C(=C/c2cc(OCc3ccco3)nc(N3CC4(C3)CN(S(=O)(=O)c3ccccc3)C4)n2)S1. The lowest BCUT2D eigenvalue weighted by molar-refractivity contribution is -0.115. The molecule has 190 valence electrons. The molecule has 2 amide bonds. The second-order valence-electron chi connectivity index (χ2n) is 9.09. The molecule has 0 atom stereocenters. The first-order chi connectivity index (χ1) is 17.8. The molecule has 1 N–H and O–H groups in total. The van der Waals surface area contributed by atoms with E-state index in [1.165, 1.54) is 10.4 Å². The Kier molecular flexibility index (Phi) is 5.77. The van der Waals surface area contributed by atoms with Gasteiger partial charge < -0.3 is 14.1 Å². The van der Waals surface area contributed by atoms with E-state index in [2.05, 4.69) is 15.3 Å². The fraction of sp³-hybridized carbons (Fsp3) is 0.250. The van der Waals surface area contributed by atoms with Crippen molar-refractivity contribution in [2.45, 2.75) is 11.5 Å². The number of carbonyl (C=O) groups is 2. The summed E-state index contributed by atoms with van der Waals surface area (Å²) >= 11 is 0.802. The first-order valence-electron chi connectivity index (χ1n) is 11.4. The van der Waals surface area contributed by atoms with Crippen molar-refractivity contribution in [3.05, 3.63) is 71.2 Å². The highest BCUT2D eigenvalue weighted by Gasteiger charge is 2.56. The van der Waals surface area contributed by atoms with Crippen LogP contribution in [0.4, 0.5) is 10.7 Å². The number of thioether (sulfide) groups is 1. The molecule has 1 spiro atoms. The Morgan fingerprint density at radius 1 is 1.08 bits per heavy atom. The molecule has 37 heavy (non-hydrogen) atoms. The molecule has 3 aliphatic heterocycles. The van der Waals surface area contributed by atoms with E-state index >= 15 is 0 Å². The topological polar surface area (TPSA) is 135 Å². The second-order valence-corrected chi connectivity index (χ2v) is 12.0. The van der Waals surface area contributed by atoms with Crippen molar-refractivity contribution in [3.63, 3.8) is 0 Å². The van der Waals surface area contributed by atoms with Crippen molar-refractivity contribution in [2.24, 2.45) is 5.41 Å². The number of sulfonamides is 1. The fourth-order valence-electron chi connectivity index (χ4n) is 4.53. The average molecular weight is 540 g/mol. The van der Waals surface area contributed by atoms with E-state index in [0.717, 1.165) is 11.8 Å². The van der Waals surface area contributed by atoms with Crippen molar-refractivity contribution < 1.29 is 27.2 Å². The van der Waals surface area contributed by atoms with Crippen LogP contribution in [0, 0.1) is 5.41 Å². The van der Waals surface area contributed by atoms with Gasteiger partial charge in [0, 0.05) is 37.7 Å². The molecule has 0 saturated carbocycles. The van der Waals surface area contributed by atoms with Crippen LogP contribution in [0.2, 0.25) is 0 Å². The molecule has 3 saturated heterocycles. The summed E-state index contributed by atoms with van der Waals surface area (Å²) in [6.07, 6.45) is 3.06. The zero-order valence-electron chi connectivity index (χ0n) is 19.4. The number of furan rings is 1. The third-order valence-electron chi connectivity index (χ3n) is 6.31. The smallest absolute Gasteiger partial charge is 0.290 e. The van der Waals surface area contributed by atoms with E-state index in [0.29, 0.717) is 43.6 Å². The Morgan fingerprint density at radius 2 is 1.86 bits per heavy atom. The first kappa shape index (κ1) is 23.7. The van der Waals surface area contributed by atoms with E-state index in [1.807, 2.05) is 4.90 Å². The van der Waals surface area contributed by atoms with Gasteiger partial charge in [-0.25, -0.2) is 13.4 Å². The van der Waals surface area contributed by atoms with Crippen LogP contribution in [-0.4, -0.2) is 60.0 Å². The summed E-state index contributed by atoms with van der Waals surface area (Å²) in [6.45, 7) is 2.16. The van der Waals surface area contributed by atoms with Gasteiger partial charge in [0.15, 0.2) is 0 Å². The number of ether oxygens (including phenoxy) is 1. The molecule has 0 bridgehead atoms. The van der Waals surface area contributed by atoms with Crippen LogP contribution in [0.15, 0.2) is 69.0 Å². The largest absolute Gasteiger partial charge is 0.469 e. The van der Waals surface area contributed by atoms with Gasteiger partial charge in [0.2, 0.25) is 21.9 Å². The van der Waals surface area contributed by atoms with E-state index < -0.39 is 21.2 Å². The van der Waals surface area contributed by atoms with E-state index in [9.17, 15) is 18.0 Å². The monoisotopic (exact) mass is 539 g/mol. The summed E-state index contributed by atoms with van der Waals surface area (Å²) in [5.74, 6) is 0.818. The number of hydrogen-bond donors (Lipinski definition) is 1. The minimum Gasteiger partial charge on any atom is -0.469 e. The molecular weight excluding hydrogens is 518 g/mol. The summed E-state index contributed by atoms with van der Waals surface area (Å²) in [5, 5.41) is 1.78. The molecule has 3 fully saturated rings. The van der Waals surface area contributed by atoms with E-state index in [-0.39, 0.29) is 27.7 Å². The summed E-state index contributed by atoms with van der Waals surface area (Å²) in [7, 11) is -3.52. The number of aromatic nitrogens is 2. The van der Waals surface area contributed by atoms with Crippen molar-refractivity contribution in [2.75, 3.05) is 31.1 Å². The molecule has 2 aromatic heterocycles. The van der Waals surface area contributed by atoms with Gasteiger partial charge in [-0.3, -0.25) is 14.9 Å². The maximum atomic E-state index is 12.9. The number of hydrogen-bond acceptors (Lipinski definition) is 10. The predicted octanol–water partition coefficient (Wildman–Crippen LogP) is 2.48. The quantitative estimate of drug-likeness (QED) is 0.446. The summed E-state index contributed by atoms with van der Waals surface area (Å²) in [6, 6.07) is 13.5. The number of amides is 2. The molecule has 1 aromatic carbocycles. The van der Waals surface area contributed by atoms with Crippen molar-refractivity contribution in [3.8, 4) is 5.88 Å². The third kappa shape index (κ3) is 4.61. The van der Waals surface area contributed by atoms with Gasteiger partial charge in [-0.1, -0.05) is 18.2 Å². The maximum Gasteiger partial charge on any atom is 0.290 e. The third-order valence-corrected chi connectivity index (χ3v) is 8.93. The molecule has 0 radical (unpaired) electrons. The Hall–Kier alpha value is -3.68. The highest BCUT2D eigenvalue weighted by molar-refractivity contribution is 8.18. The fourth-order valence-corrected chi connectivity index (χ4v) is 6.89. The zero-order chi connectivity index (χ0) is 25.6. The maximum absolute atomic E-state index is 12.9. The van der Waals surface area contributed by atoms with E-state index in [4.69, 9.17) is 9.15 Å². The average Bonchev–Trinajstić information content (AvgIpc) is 3.45. The predicted molar refractivity (Wildman–Crippen MR) is 134 cm³/mol. The number of nitrogens with one attached hydrogen (secondary N) is 1. The van der Waals surface area contributed by atoms with Gasteiger partial charge >= 0.3 is 0 Å². The molecule has 6 rings (SSSR count). The Bertz CT molecular complexity index is 1490. The number of carbonyl (C=O) groups excluding carboxylic acids is 2. The lowest BCUT2D eigenvalue weighted by Gasteiger charge is -2.59. The number of benzene rings is 1. The highest BCUT2D eigenvalue weighted by Crippen LogP contribution is 2.43. The highest BCUT2D eigenvalue weighted by atomic mass is 32.2. The standard InChI is InChI=1S/C24H21N5O6S2/c30-21-19(36-23(31)27-21)9-16-10-20(35-11-17-5-4-8-34-17)26-22(25-16)28-12-24(13-28)14-29(15-24)37(32,33)18-6-2-1-3-7-18/h1-10H,11-15H2,(H,27,30,31)/b19-9-. The van der Waals surface area contributed by atoms with E-state index in [1.54, 1.807) is 54.8 Å². The normalized spacial score (nSPS) is 20.1. The zero-order valence-corrected chi connectivity index (χ0v) is 21.0. The molecule has 0 unspecified atom stereocenters. The molecular formula is C24H21N5O6S2. The van der Waals surface area contributed by atoms with Crippen LogP contribution < -0.4 is 15.0 Å². The van der Waals surface area contributed by atoms with Crippen LogP contribution in [0.5, 0.6) is 5.88 Å². The summed E-state index contributed by atoms with van der Waals surface area (Å²) in [5.41, 5.74) is 0.247. The van der Waals surface area contributed by atoms with Gasteiger partial charge in [0.25, 0.3) is 11.1 Å². The molecule has 3 aromatic rings. The van der Waals surface area contributed by atoms with Crippen LogP contribution in [0.25, 0.3) is 6.08 Å². The summed E-state index contributed by atoms with van der Waals surface area (Å²) < 4.78 is 38.3. The number of rotatable bonds is 7. The number of nitrogens with zero attached hydrogens (tertiary/aromatic N) is 4. The van der Waals surface area contributed by atoms with Gasteiger partial charge in [-0.2, -0.15) is 9.29 Å². The van der Waals surface area contributed by atoms with Crippen LogP contribution in [-0.2, 0) is 21.4 Å². The lowest BCUT2D eigenvalue weighted by Crippen LogP contribution is -2.73. The summed E-state index contributed by atoms with van der Waals surface area (Å²) in [4.78, 5) is 35.1. The van der Waals surface area contributed by atoms with Gasteiger partial charge in [-0.15, -0.1) is 0 Å². The van der Waals surface area contributed by atoms with Crippen molar-refractivity contribution in [1.82, 2.24) is 19.6 Å². The Labute approximate surface area is 216 Å². The molecule has 11 nitrogen and oxygen atoms in total. The van der Waals surface area contributed by atoms with Gasteiger partial charge in [-0.05, 0) is 42.1 Å². The van der Waals surface area contributed by atoms with Crippen LogP contribution in [0.3, 0.4) is 0 Å². The first-order valence-corrected chi connectivity index (χ1v) is 13.6. The lowest BCUT2D eigenvalue weighted by atomic mass is 9.74. The number of imide groups is 1. The number of anilines is 1. The molecule has 5 heterocycles. The van der Waals surface area contributed by atoms with Gasteiger partial charge in [0.05, 0.1) is 21.8 Å². The van der Waals surface area contributed by atoms with Crippen molar-refractivity contribution >= 4 is 45.0 Å². The van der Waals surface area contributed by atoms with Crippen LogP contribution >= 0.6 is 11.8 Å². The second kappa shape index (κ2) is 9.01.